The van der Waals surface area contributed by atoms with Gasteiger partial charge >= 0.3 is 0 Å². The quantitative estimate of drug-likeness (QED) is 0.666. The average Bonchev–Trinajstić information content (AvgIpc) is 3.06. The third kappa shape index (κ3) is 3.99. The number of rotatable bonds is 5. The van der Waals surface area contributed by atoms with Gasteiger partial charge in [-0.3, -0.25) is 9.59 Å². The van der Waals surface area contributed by atoms with E-state index in [1.165, 1.54) is 0 Å². The second-order valence-corrected chi connectivity index (χ2v) is 6.71. The van der Waals surface area contributed by atoms with Crippen molar-refractivity contribution in [2.75, 3.05) is 6.54 Å². The Balaban J connectivity index is 1.79. The van der Waals surface area contributed by atoms with Crippen molar-refractivity contribution in [3.8, 4) is 0 Å². The summed E-state index contributed by atoms with van der Waals surface area (Å²) >= 11 is 0. The minimum Gasteiger partial charge on any atom is -0.339 e. The van der Waals surface area contributed by atoms with Crippen LogP contribution in [0.15, 0.2) is 65.8 Å². The Bertz CT molecular complexity index is 759. The average molecular weight is 349 g/mol. The van der Waals surface area contributed by atoms with Gasteiger partial charge in [0.2, 0.25) is 11.8 Å². The molecule has 2 aromatic rings. The molecule has 26 heavy (non-hydrogen) atoms. The maximum atomic E-state index is 12.5. The first kappa shape index (κ1) is 17.9. The van der Waals surface area contributed by atoms with Gasteiger partial charge in [0, 0.05) is 30.1 Å². The van der Waals surface area contributed by atoms with Gasteiger partial charge in [0.15, 0.2) is 0 Å². The highest BCUT2D eigenvalue weighted by Gasteiger charge is 2.35. The molecule has 1 aliphatic heterocycles. The van der Waals surface area contributed by atoms with Crippen LogP contribution >= 0.6 is 0 Å². The molecule has 1 atom stereocenters. The van der Waals surface area contributed by atoms with Crippen LogP contribution in [0.25, 0.3) is 0 Å². The van der Waals surface area contributed by atoms with Gasteiger partial charge in [-0.25, -0.2) is 5.43 Å². The summed E-state index contributed by atoms with van der Waals surface area (Å²) in [6.45, 7) is 4.36. The Hall–Kier alpha value is -2.95. The maximum absolute atomic E-state index is 12.5. The second-order valence-electron chi connectivity index (χ2n) is 6.71. The Labute approximate surface area is 153 Å². The van der Waals surface area contributed by atoms with Crippen LogP contribution < -0.4 is 5.43 Å². The number of nitrogens with zero attached hydrogens (tertiary/aromatic N) is 2. The molecule has 1 N–H and O–H groups in total. The molecule has 134 valence electrons. The molecule has 2 aromatic carbocycles. The van der Waals surface area contributed by atoms with Gasteiger partial charge in [0.05, 0.1) is 11.6 Å². The summed E-state index contributed by atoms with van der Waals surface area (Å²) in [4.78, 5) is 26.3. The van der Waals surface area contributed by atoms with Crippen LogP contribution in [0.3, 0.4) is 0 Å². The predicted molar refractivity (Wildman–Crippen MR) is 102 cm³/mol. The minimum atomic E-state index is -0.360. The van der Waals surface area contributed by atoms with Gasteiger partial charge in [-0.05, 0) is 13.8 Å². The number of hydrogen-bond acceptors (Lipinski definition) is 3. The molecule has 3 rings (SSSR count). The van der Waals surface area contributed by atoms with Crippen LogP contribution in [0.2, 0.25) is 0 Å². The third-order valence-electron chi connectivity index (χ3n) is 4.52. The van der Waals surface area contributed by atoms with Crippen molar-refractivity contribution in [1.29, 1.82) is 0 Å². The van der Waals surface area contributed by atoms with E-state index in [1.54, 1.807) is 4.90 Å². The Morgan fingerprint density at radius 1 is 1.04 bits per heavy atom. The topological polar surface area (TPSA) is 61.8 Å². The van der Waals surface area contributed by atoms with E-state index in [9.17, 15) is 9.59 Å². The summed E-state index contributed by atoms with van der Waals surface area (Å²) in [5.41, 5.74) is 5.21. The number of benzene rings is 2. The lowest BCUT2D eigenvalue weighted by Gasteiger charge is -2.20. The number of carbonyl (C=O) groups is 2. The lowest BCUT2D eigenvalue weighted by Crippen LogP contribution is -2.34. The smallest absolute Gasteiger partial charge is 0.245 e. The lowest BCUT2D eigenvalue weighted by atomic mass is 10.0. The predicted octanol–water partition coefficient (Wildman–Crippen LogP) is 2.81. The molecule has 1 fully saturated rings. The van der Waals surface area contributed by atoms with E-state index in [-0.39, 0.29) is 30.2 Å². The summed E-state index contributed by atoms with van der Waals surface area (Å²) in [7, 11) is 0. The first-order valence-electron chi connectivity index (χ1n) is 8.84. The summed E-state index contributed by atoms with van der Waals surface area (Å²) in [6.07, 6.45) is 0.242. The zero-order chi connectivity index (χ0) is 18.5. The molecule has 0 unspecified atom stereocenters. The number of carbonyl (C=O) groups excluding carboxylic acids is 2. The van der Waals surface area contributed by atoms with Crippen molar-refractivity contribution in [3.05, 3.63) is 71.8 Å². The monoisotopic (exact) mass is 349 g/mol. The molecule has 1 saturated heterocycles. The third-order valence-corrected chi connectivity index (χ3v) is 4.52. The molecule has 0 saturated carbocycles. The molecular formula is C21H23N3O2. The van der Waals surface area contributed by atoms with Crippen molar-refractivity contribution >= 4 is 17.5 Å². The number of likely N-dealkylation sites (tertiary alicyclic amines) is 1. The molecule has 2 amide bonds. The van der Waals surface area contributed by atoms with Gasteiger partial charge in [0.1, 0.15) is 0 Å². The highest BCUT2D eigenvalue weighted by atomic mass is 16.2. The molecule has 0 aliphatic carbocycles. The highest BCUT2D eigenvalue weighted by molar-refractivity contribution is 6.13. The van der Waals surface area contributed by atoms with E-state index in [0.29, 0.717) is 12.3 Å². The van der Waals surface area contributed by atoms with Gasteiger partial charge < -0.3 is 4.90 Å². The molecule has 1 aliphatic rings. The summed E-state index contributed by atoms with van der Waals surface area (Å²) < 4.78 is 0. The van der Waals surface area contributed by atoms with Crippen LogP contribution in [0.4, 0.5) is 0 Å². The summed E-state index contributed by atoms with van der Waals surface area (Å²) in [6, 6.07) is 19.6. The summed E-state index contributed by atoms with van der Waals surface area (Å²) in [5, 5.41) is 4.39. The Morgan fingerprint density at radius 2 is 1.58 bits per heavy atom. The number of hydrogen-bond donors (Lipinski definition) is 1. The van der Waals surface area contributed by atoms with Gasteiger partial charge in [-0.1, -0.05) is 60.7 Å². The lowest BCUT2D eigenvalue weighted by molar-refractivity contribution is -0.129. The summed E-state index contributed by atoms with van der Waals surface area (Å²) in [5.74, 6) is -0.553. The van der Waals surface area contributed by atoms with E-state index in [1.807, 2.05) is 74.5 Å². The molecule has 1 heterocycles. The normalized spacial score (nSPS) is 16.7. The Kier molecular flexibility index (Phi) is 5.46. The second kappa shape index (κ2) is 7.95. The molecule has 0 aromatic heterocycles. The molecule has 5 nitrogen and oxygen atoms in total. The first-order chi connectivity index (χ1) is 12.6. The van der Waals surface area contributed by atoms with Crippen molar-refractivity contribution in [3.63, 3.8) is 0 Å². The SMILES string of the molecule is CC(C)N1C[C@@H](C(=O)NN=C(c2ccccc2)c2ccccc2)CC1=O. The van der Waals surface area contributed by atoms with Crippen molar-refractivity contribution in [2.24, 2.45) is 11.0 Å². The minimum absolute atomic E-state index is 0.0236. The van der Waals surface area contributed by atoms with Crippen molar-refractivity contribution in [1.82, 2.24) is 10.3 Å². The van der Waals surface area contributed by atoms with Gasteiger partial charge in [-0.15, -0.1) is 0 Å². The molecule has 0 spiro atoms. The Morgan fingerprint density at radius 3 is 2.04 bits per heavy atom. The van der Waals surface area contributed by atoms with E-state index >= 15 is 0 Å². The number of hydrazone groups is 1. The fourth-order valence-electron chi connectivity index (χ4n) is 3.10. The fourth-order valence-corrected chi connectivity index (χ4v) is 3.10. The zero-order valence-corrected chi connectivity index (χ0v) is 15.1. The van der Waals surface area contributed by atoms with Gasteiger partial charge in [0.25, 0.3) is 0 Å². The number of amides is 2. The fraction of sp³-hybridized carbons (Fsp3) is 0.286. The van der Waals surface area contributed by atoms with Crippen LogP contribution in [0.5, 0.6) is 0 Å². The van der Waals surface area contributed by atoms with Crippen LogP contribution in [0, 0.1) is 5.92 Å². The molecule has 0 radical (unpaired) electrons. The number of nitrogens with one attached hydrogen (secondary N) is 1. The highest BCUT2D eigenvalue weighted by Crippen LogP contribution is 2.20. The molecule has 5 heteroatoms. The van der Waals surface area contributed by atoms with Crippen LogP contribution in [0.1, 0.15) is 31.4 Å². The molecule has 0 bridgehead atoms. The van der Waals surface area contributed by atoms with Crippen molar-refractivity contribution in [2.45, 2.75) is 26.3 Å². The zero-order valence-electron chi connectivity index (χ0n) is 15.1. The van der Waals surface area contributed by atoms with E-state index in [0.717, 1.165) is 11.1 Å². The van der Waals surface area contributed by atoms with E-state index in [2.05, 4.69) is 10.5 Å². The largest absolute Gasteiger partial charge is 0.339 e. The van der Waals surface area contributed by atoms with E-state index < -0.39 is 0 Å². The van der Waals surface area contributed by atoms with Crippen molar-refractivity contribution < 1.29 is 9.59 Å². The first-order valence-corrected chi connectivity index (χ1v) is 8.84. The van der Waals surface area contributed by atoms with Gasteiger partial charge in [-0.2, -0.15) is 5.10 Å². The van der Waals surface area contributed by atoms with Crippen LogP contribution in [-0.2, 0) is 9.59 Å². The van der Waals surface area contributed by atoms with Crippen LogP contribution in [-0.4, -0.2) is 35.0 Å². The standard InChI is InChI=1S/C21H23N3O2/c1-15(2)24-14-18(13-19(24)25)21(26)23-22-20(16-9-5-3-6-10-16)17-11-7-4-8-12-17/h3-12,15,18H,13-14H2,1-2H3,(H,23,26)/t18-/m0/s1. The molecular weight excluding hydrogens is 326 g/mol. The van der Waals surface area contributed by atoms with E-state index in [4.69, 9.17) is 0 Å². The maximum Gasteiger partial charge on any atom is 0.245 e.